The molecule has 0 aliphatic heterocycles. The molecule has 0 aromatic carbocycles. The van der Waals surface area contributed by atoms with Crippen LogP contribution in [0.2, 0.25) is 0 Å². The van der Waals surface area contributed by atoms with Gasteiger partial charge in [0.05, 0.1) is 0 Å². The summed E-state index contributed by atoms with van der Waals surface area (Å²) in [5.74, 6) is 0.0367. The molecule has 0 fully saturated rings. The van der Waals surface area contributed by atoms with E-state index in [9.17, 15) is 14.4 Å². The molecule has 6 nitrogen and oxygen atoms in total. The molecule has 58 heavy (non-hydrogen) atoms. The van der Waals surface area contributed by atoms with Crippen molar-refractivity contribution in [2.24, 2.45) is 5.92 Å². The van der Waals surface area contributed by atoms with Crippen LogP contribution in [0.5, 0.6) is 0 Å². The largest absolute Gasteiger partial charge is 0.462 e. The van der Waals surface area contributed by atoms with Crippen LogP contribution in [0.25, 0.3) is 0 Å². The van der Waals surface area contributed by atoms with E-state index in [1.54, 1.807) is 0 Å². The van der Waals surface area contributed by atoms with Gasteiger partial charge < -0.3 is 14.2 Å². The van der Waals surface area contributed by atoms with Crippen molar-refractivity contribution in [3.8, 4) is 0 Å². The molecule has 0 heterocycles. The number of unbranched alkanes of at least 4 members (excludes halogenated alkanes) is 33. The Labute approximate surface area is 361 Å². The second-order valence-corrected chi connectivity index (χ2v) is 18.1. The summed E-state index contributed by atoms with van der Waals surface area (Å²) in [6, 6.07) is 0. The Balaban J connectivity index is 4.10. The molecule has 0 saturated carbocycles. The van der Waals surface area contributed by atoms with E-state index in [2.05, 4.69) is 27.7 Å². The maximum Gasteiger partial charge on any atom is 0.306 e. The maximum absolute atomic E-state index is 12.7. The summed E-state index contributed by atoms with van der Waals surface area (Å²) in [5, 5.41) is 0. The van der Waals surface area contributed by atoms with Crippen molar-refractivity contribution in [1.82, 2.24) is 0 Å². The molecule has 0 saturated heterocycles. The number of carbonyl (C=O) groups is 3. The Morgan fingerprint density at radius 2 is 0.603 bits per heavy atom. The summed E-state index contributed by atoms with van der Waals surface area (Å²) in [4.78, 5) is 37.6. The van der Waals surface area contributed by atoms with E-state index in [0.717, 1.165) is 70.1 Å². The minimum atomic E-state index is -0.759. The van der Waals surface area contributed by atoms with Gasteiger partial charge in [-0.1, -0.05) is 252 Å². The molecule has 2 atom stereocenters. The van der Waals surface area contributed by atoms with Gasteiger partial charge in [0.2, 0.25) is 0 Å². The SMILES string of the molecule is CCCCCCCCCCCCCCCCCCCC(=O)O[C@@H](COC(=O)CCCCCCC)COC(=O)CCCCCCCCCCCCCCCCC(C)CC. The van der Waals surface area contributed by atoms with Crippen molar-refractivity contribution >= 4 is 17.9 Å². The van der Waals surface area contributed by atoms with Crippen LogP contribution in [0.15, 0.2) is 0 Å². The molecule has 0 aromatic heterocycles. The number of carbonyl (C=O) groups excluding carboxylic acids is 3. The zero-order valence-electron chi connectivity index (χ0n) is 39.5. The smallest absolute Gasteiger partial charge is 0.306 e. The zero-order chi connectivity index (χ0) is 42.4. The Hall–Kier alpha value is -1.59. The molecule has 0 amide bonds. The highest BCUT2D eigenvalue weighted by Crippen LogP contribution is 2.18. The van der Waals surface area contributed by atoms with E-state index >= 15 is 0 Å². The van der Waals surface area contributed by atoms with E-state index in [1.807, 2.05) is 0 Å². The van der Waals surface area contributed by atoms with Crippen molar-refractivity contribution < 1.29 is 28.6 Å². The van der Waals surface area contributed by atoms with E-state index in [-0.39, 0.29) is 31.1 Å². The van der Waals surface area contributed by atoms with Gasteiger partial charge in [-0.15, -0.1) is 0 Å². The van der Waals surface area contributed by atoms with Gasteiger partial charge in [-0.05, 0) is 25.2 Å². The van der Waals surface area contributed by atoms with Gasteiger partial charge in [0.1, 0.15) is 13.2 Å². The lowest BCUT2D eigenvalue weighted by Gasteiger charge is -2.18. The normalized spacial score (nSPS) is 12.4. The van der Waals surface area contributed by atoms with Crippen molar-refractivity contribution in [2.75, 3.05) is 13.2 Å². The lowest BCUT2D eigenvalue weighted by Crippen LogP contribution is -2.30. The minimum absolute atomic E-state index is 0.0639. The zero-order valence-corrected chi connectivity index (χ0v) is 39.5. The van der Waals surface area contributed by atoms with Gasteiger partial charge in [0.15, 0.2) is 6.10 Å². The Kier molecular flexibility index (Phi) is 45.2. The highest BCUT2D eigenvalue weighted by Gasteiger charge is 2.19. The third kappa shape index (κ3) is 44.0. The predicted molar refractivity (Wildman–Crippen MR) is 247 cm³/mol. The van der Waals surface area contributed by atoms with Gasteiger partial charge in [0.25, 0.3) is 0 Å². The number of ether oxygens (including phenoxy) is 3. The Morgan fingerprint density at radius 1 is 0.345 bits per heavy atom. The fraction of sp³-hybridized carbons (Fsp3) is 0.942. The fourth-order valence-corrected chi connectivity index (χ4v) is 7.83. The van der Waals surface area contributed by atoms with Crippen molar-refractivity contribution in [3.05, 3.63) is 0 Å². The van der Waals surface area contributed by atoms with Crippen LogP contribution in [0.4, 0.5) is 0 Å². The molecular formula is C52H100O6. The van der Waals surface area contributed by atoms with Crippen molar-refractivity contribution in [1.29, 1.82) is 0 Å². The summed E-state index contributed by atoms with van der Waals surface area (Å²) in [6.45, 7) is 8.99. The van der Waals surface area contributed by atoms with Crippen molar-refractivity contribution in [2.45, 2.75) is 297 Å². The monoisotopic (exact) mass is 821 g/mol. The first-order valence-electron chi connectivity index (χ1n) is 25.9. The molecule has 0 aromatic rings. The summed E-state index contributed by atoms with van der Waals surface area (Å²) in [6.07, 6.45) is 48.3. The van der Waals surface area contributed by atoms with Crippen LogP contribution in [-0.2, 0) is 28.6 Å². The third-order valence-electron chi connectivity index (χ3n) is 12.2. The molecule has 6 heteroatoms. The van der Waals surface area contributed by atoms with Crippen LogP contribution in [-0.4, -0.2) is 37.2 Å². The van der Waals surface area contributed by atoms with E-state index < -0.39 is 6.10 Å². The maximum atomic E-state index is 12.7. The summed E-state index contributed by atoms with van der Waals surface area (Å²) in [5.41, 5.74) is 0. The highest BCUT2D eigenvalue weighted by molar-refractivity contribution is 5.71. The number of hydrogen-bond donors (Lipinski definition) is 0. The topological polar surface area (TPSA) is 78.9 Å². The third-order valence-corrected chi connectivity index (χ3v) is 12.2. The van der Waals surface area contributed by atoms with Crippen molar-refractivity contribution in [3.63, 3.8) is 0 Å². The van der Waals surface area contributed by atoms with Gasteiger partial charge >= 0.3 is 17.9 Å². The van der Waals surface area contributed by atoms with E-state index in [1.165, 1.54) is 180 Å². The Bertz CT molecular complexity index is 874. The molecule has 0 N–H and O–H groups in total. The number of hydrogen-bond acceptors (Lipinski definition) is 6. The van der Waals surface area contributed by atoms with Crippen LogP contribution in [0.1, 0.15) is 291 Å². The summed E-state index contributed by atoms with van der Waals surface area (Å²) < 4.78 is 16.7. The molecule has 0 rings (SSSR count). The second-order valence-electron chi connectivity index (χ2n) is 18.1. The number of rotatable bonds is 47. The summed E-state index contributed by atoms with van der Waals surface area (Å²) >= 11 is 0. The van der Waals surface area contributed by atoms with E-state index in [4.69, 9.17) is 14.2 Å². The second kappa shape index (κ2) is 46.5. The number of esters is 3. The van der Waals surface area contributed by atoms with Crippen LogP contribution < -0.4 is 0 Å². The van der Waals surface area contributed by atoms with Gasteiger partial charge in [-0.3, -0.25) is 14.4 Å². The van der Waals surface area contributed by atoms with Gasteiger partial charge in [-0.2, -0.15) is 0 Å². The van der Waals surface area contributed by atoms with Crippen LogP contribution >= 0.6 is 0 Å². The van der Waals surface area contributed by atoms with E-state index in [0.29, 0.717) is 19.3 Å². The molecular weight excluding hydrogens is 721 g/mol. The van der Waals surface area contributed by atoms with Gasteiger partial charge in [0, 0.05) is 19.3 Å². The lowest BCUT2D eigenvalue weighted by molar-refractivity contribution is -0.167. The standard InChI is InChI=1S/C52H100O6/c1-5-8-10-12-13-14-15-16-17-18-19-24-27-30-33-37-41-45-52(55)58-49(46-56-50(53)43-39-34-11-9-6-2)47-57-51(54)44-40-36-32-29-26-23-21-20-22-25-28-31-35-38-42-48(4)7-3/h48-49H,5-47H2,1-4H3/t48?,49-/m0/s1. The van der Waals surface area contributed by atoms with Gasteiger partial charge in [-0.25, -0.2) is 0 Å². The molecule has 0 bridgehead atoms. The average molecular weight is 821 g/mol. The predicted octanol–water partition coefficient (Wildman–Crippen LogP) is 16.7. The molecule has 0 aliphatic carbocycles. The lowest BCUT2D eigenvalue weighted by atomic mass is 9.99. The quantitative estimate of drug-likeness (QED) is 0.0346. The minimum Gasteiger partial charge on any atom is -0.462 e. The molecule has 0 spiro atoms. The molecule has 0 aliphatic rings. The van der Waals surface area contributed by atoms with Crippen LogP contribution in [0.3, 0.4) is 0 Å². The first kappa shape index (κ1) is 56.4. The average Bonchev–Trinajstić information content (AvgIpc) is 3.22. The van der Waals surface area contributed by atoms with Crippen LogP contribution in [0, 0.1) is 5.92 Å². The highest BCUT2D eigenvalue weighted by atomic mass is 16.6. The fourth-order valence-electron chi connectivity index (χ4n) is 7.83. The molecule has 1 unspecified atom stereocenters. The first-order chi connectivity index (χ1) is 28.4. The molecule has 344 valence electrons. The summed E-state index contributed by atoms with van der Waals surface area (Å²) in [7, 11) is 0. The molecule has 0 radical (unpaired) electrons. The Morgan fingerprint density at radius 3 is 0.897 bits per heavy atom. The first-order valence-corrected chi connectivity index (χ1v) is 25.9.